The lowest BCUT2D eigenvalue weighted by molar-refractivity contribution is -0.146. The zero-order chi connectivity index (χ0) is 15.4. The Morgan fingerprint density at radius 1 is 1.33 bits per heavy atom. The van der Waals surface area contributed by atoms with E-state index in [1.807, 2.05) is 6.07 Å². The number of carboxylic acids is 1. The quantitative estimate of drug-likeness (QED) is 0.898. The van der Waals surface area contributed by atoms with E-state index in [4.69, 9.17) is 0 Å². The summed E-state index contributed by atoms with van der Waals surface area (Å²) in [6.45, 7) is 5.16. The molecule has 0 aliphatic heterocycles. The Morgan fingerprint density at radius 3 is 2.67 bits per heavy atom. The molecule has 116 valence electrons. The van der Waals surface area contributed by atoms with Gasteiger partial charge in [0, 0.05) is 12.6 Å². The van der Waals surface area contributed by atoms with Gasteiger partial charge in [-0.25, -0.2) is 0 Å². The van der Waals surface area contributed by atoms with Crippen molar-refractivity contribution >= 4 is 5.97 Å². The molecule has 1 aliphatic rings. The van der Waals surface area contributed by atoms with Crippen LogP contribution in [0.3, 0.4) is 0 Å². The van der Waals surface area contributed by atoms with Gasteiger partial charge in [-0.1, -0.05) is 37.6 Å². The molecule has 0 bridgehead atoms. The molecule has 21 heavy (non-hydrogen) atoms. The van der Waals surface area contributed by atoms with Crippen molar-refractivity contribution < 1.29 is 9.90 Å². The van der Waals surface area contributed by atoms with E-state index < -0.39 is 5.97 Å². The second kappa shape index (κ2) is 7.08. The molecule has 3 atom stereocenters. The average molecular weight is 289 g/mol. The normalized spacial score (nSPS) is 26.0. The van der Waals surface area contributed by atoms with Crippen molar-refractivity contribution in [1.29, 1.82) is 0 Å². The largest absolute Gasteiger partial charge is 0.481 e. The van der Waals surface area contributed by atoms with Gasteiger partial charge in [-0.05, 0) is 50.3 Å². The van der Waals surface area contributed by atoms with Crippen LogP contribution in [0.1, 0.15) is 43.7 Å². The van der Waals surface area contributed by atoms with Crippen LogP contribution in [0, 0.1) is 18.8 Å². The van der Waals surface area contributed by atoms with Crippen LogP contribution in [-0.2, 0) is 11.3 Å². The van der Waals surface area contributed by atoms with E-state index in [-0.39, 0.29) is 12.0 Å². The smallest absolute Gasteiger partial charge is 0.308 e. The molecule has 1 saturated carbocycles. The number of nitrogens with zero attached hydrogens (tertiary/aromatic N) is 1. The molecule has 1 aromatic carbocycles. The molecule has 0 spiro atoms. The lowest BCUT2D eigenvalue weighted by atomic mass is 9.76. The van der Waals surface area contributed by atoms with Crippen LogP contribution in [0.25, 0.3) is 0 Å². The van der Waals surface area contributed by atoms with E-state index in [0.717, 1.165) is 32.2 Å². The molecule has 1 aromatic rings. The summed E-state index contributed by atoms with van der Waals surface area (Å²) in [4.78, 5) is 13.8. The second-order valence-corrected chi connectivity index (χ2v) is 6.44. The number of aliphatic carboxylic acids is 1. The van der Waals surface area contributed by atoms with E-state index >= 15 is 0 Å². The zero-order valence-electron chi connectivity index (χ0n) is 13.4. The predicted octanol–water partition coefficient (Wildman–Crippen LogP) is 3.71. The highest BCUT2D eigenvalue weighted by Gasteiger charge is 2.36. The van der Waals surface area contributed by atoms with E-state index in [1.165, 1.54) is 11.1 Å². The SMILES string of the molecule is CCC1CCC(C(=O)O)C(N(C)Cc2ccccc2C)C1. The summed E-state index contributed by atoms with van der Waals surface area (Å²) in [6.07, 6.45) is 4.04. The highest BCUT2D eigenvalue weighted by Crippen LogP contribution is 2.34. The fraction of sp³-hybridized carbons (Fsp3) is 0.611. The van der Waals surface area contributed by atoms with Crippen LogP contribution >= 0.6 is 0 Å². The third-order valence-corrected chi connectivity index (χ3v) is 5.07. The number of carbonyl (C=O) groups is 1. The van der Waals surface area contributed by atoms with Crippen LogP contribution in [0.2, 0.25) is 0 Å². The molecule has 0 saturated heterocycles. The Bertz CT molecular complexity index is 486. The minimum absolute atomic E-state index is 0.154. The molecule has 0 heterocycles. The zero-order valence-corrected chi connectivity index (χ0v) is 13.4. The predicted molar refractivity (Wildman–Crippen MR) is 85.2 cm³/mol. The molecule has 3 nitrogen and oxygen atoms in total. The first-order valence-corrected chi connectivity index (χ1v) is 8.00. The van der Waals surface area contributed by atoms with E-state index in [0.29, 0.717) is 5.92 Å². The number of benzene rings is 1. The Balaban J connectivity index is 2.11. The highest BCUT2D eigenvalue weighted by molar-refractivity contribution is 5.71. The van der Waals surface area contributed by atoms with Crippen LogP contribution in [-0.4, -0.2) is 29.1 Å². The van der Waals surface area contributed by atoms with Crippen LogP contribution in [0.4, 0.5) is 0 Å². The van der Waals surface area contributed by atoms with E-state index in [1.54, 1.807) is 0 Å². The summed E-state index contributed by atoms with van der Waals surface area (Å²) >= 11 is 0. The molecule has 1 aliphatic carbocycles. The van der Waals surface area contributed by atoms with Crippen molar-refractivity contribution in [1.82, 2.24) is 4.90 Å². The van der Waals surface area contributed by atoms with Crippen molar-refractivity contribution in [3.05, 3.63) is 35.4 Å². The van der Waals surface area contributed by atoms with Crippen molar-refractivity contribution in [3.63, 3.8) is 0 Å². The standard InChI is InChI=1S/C18H27NO2/c1-4-14-9-10-16(18(20)21)17(11-14)19(3)12-15-8-6-5-7-13(15)2/h5-8,14,16-17H,4,9-12H2,1-3H3,(H,20,21). The lowest BCUT2D eigenvalue weighted by Crippen LogP contribution is -2.45. The van der Waals surface area contributed by atoms with Gasteiger partial charge in [0.15, 0.2) is 0 Å². The number of carboxylic acid groups (broad SMARTS) is 1. The molecular formula is C18H27NO2. The number of hydrogen-bond acceptors (Lipinski definition) is 2. The molecular weight excluding hydrogens is 262 g/mol. The van der Waals surface area contributed by atoms with Gasteiger partial charge in [-0.2, -0.15) is 0 Å². The van der Waals surface area contributed by atoms with Crippen LogP contribution in [0.5, 0.6) is 0 Å². The van der Waals surface area contributed by atoms with Gasteiger partial charge in [0.25, 0.3) is 0 Å². The first kappa shape index (κ1) is 16.0. The second-order valence-electron chi connectivity index (χ2n) is 6.44. The van der Waals surface area contributed by atoms with Crippen LogP contribution in [0.15, 0.2) is 24.3 Å². The fourth-order valence-corrected chi connectivity index (χ4v) is 3.55. The number of aryl methyl sites for hydroxylation is 1. The van der Waals surface area contributed by atoms with Gasteiger partial charge in [0.2, 0.25) is 0 Å². The average Bonchev–Trinajstić information content (AvgIpc) is 2.48. The summed E-state index contributed by atoms with van der Waals surface area (Å²) in [7, 11) is 2.07. The van der Waals surface area contributed by atoms with Gasteiger partial charge in [0.05, 0.1) is 5.92 Å². The third-order valence-electron chi connectivity index (χ3n) is 5.07. The Labute approximate surface area is 128 Å². The highest BCUT2D eigenvalue weighted by atomic mass is 16.4. The number of rotatable bonds is 5. The molecule has 0 radical (unpaired) electrons. The number of hydrogen-bond donors (Lipinski definition) is 1. The van der Waals surface area contributed by atoms with Crippen molar-refractivity contribution in [2.45, 2.75) is 52.1 Å². The third kappa shape index (κ3) is 3.85. The van der Waals surface area contributed by atoms with E-state index in [2.05, 4.69) is 44.0 Å². The van der Waals surface area contributed by atoms with Crippen molar-refractivity contribution in [2.24, 2.45) is 11.8 Å². The topological polar surface area (TPSA) is 40.5 Å². The fourth-order valence-electron chi connectivity index (χ4n) is 3.55. The Morgan fingerprint density at radius 2 is 2.05 bits per heavy atom. The molecule has 1 N–H and O–H groups in total. The monoisotopic (exact) mass is 289 g/mol. The minimum atomic E-state index is -0.633. The maximum absolute atomic E-state index is 11.6. The molecule has 0 amide bonds. The molecule has 3 heteroatoms. The summed E-state index contributed by atoms with van der Waals surface area (Å²) in [5.74, 6) is -0.182. The van der Waals surface area contributed by atoms with Gasteiger partial charge in [-0.3, -0.25) is 9.69 Å². The maximum atomic E-state index is 11.6. The minimum Gasteiger partial charge on any atom is -0.481 e. The van der Waals surface area contributed by atoms with Crippen molar-refractivity contribution in [2.75, 3.05) is 7.05 Å². The molecule has 1 fully saturated rings. The molecule has 3 unspecified atom stereocenters. The van der Waals surface area contributed by atoms with Crippen LogP contribution < -0.4 is 0 Å². The van der Waals surface area contributed by atoms with Gasteiger partial charge in [-0.15, -0.1) is 0 Å². The lowest BCUT2D eigenvalue weighted by Gasteiger charge is -2.39. The van der Waals surface area contributed by atoms with Gasteiger partial charge < -0.3 is 5.11 Å². The molecule has 0 aromatic heterocycles. The summed E-state index contributed by atoms with van der Waals surface area (Å²) in [5, 5.41) is 9.51. The molecule has 2 rings (SSSR count). The maximum Gasteiger partial charge on any atom is 0.308 e. The Hall–Kier alpha value is -1.35. The van der Waals surface area contributed by atoms with Gasteiger partial charge in [0.1, 0.15) is 0 Å². The summed E-state index contributed by atoms with van der Waals surface area (Å²) in [6, 6.07) is 8.52. The first-order valence-electron chi connectivity index (χ1n) is 8.00. The Kier molecular flexibility index (Phi) is 5.40. The first-order chi connectivity index (χ1) is 10.0. The van der Waals surface area contributed by atoms with Gasteiger partial charge >= 0.3 is 5.97 Å². The van der Waals surface area contributed by atoms with E-state index in [9.17, 15) is 9.90 Å². The summed E-state index contributed by atoms with van der Waals surface area (Å²) < 4.78 is 0. The summed E-state index contributed by atoms with van der Waals surface area (Å²) in [5.41, 5.74) is 2.57. The van der Waals surface area contributed by atoms with Crippen molar-refractivity contribution in [3.8, 4) is 0 Å².